The fraction of sp³-hybridized carbons (Fsp3) is 0.444. The quantitative estimate of drug-likeness (QED) is 0.690. The molecular formula is C18H18ClN3O5S. The molecular weight excluding hydrogens is 406 g/mol. The Hall–Kier alpha value is -2.39. The predicted molar refractivity (Wildman–Crippen MR) is 104 cm³/mol. The highest BCUT2D eigenvalue weighted by atomic mass is 35.5. The second-order valence-corrected chi connectivity index (χ2v) is 8.66. The van der Waals surface area contributed by atoms with Gasteiger partial charge in [-0.3, -0.25) is 9.59 Å². The van der Waals surface area contributed by atoms with Crippen molar-refractivity contribution < 1.29 is 23.9 Å². The van der Waals surface area contributed by atoms with Crippen LogP contribution in [0.3, 0.4) is 0 Å². The number of halogens is 1. The molecule has 2 saturated heterocycles. The summed E-state index contributed by atoms with van der Waals surface area (Å²) >= 11 is 11.4. The summed E-state index contributed by atoms with van der Waals surface area (Å²) in [5.74, 6) is -1.16. The molecule has 1 spiro atoms. The van der Waals surface area contributed by atoms with Gasteiger partial charge in [0.2, 0.25) is 5.60 Å². The standard InChI is InChI=1S/C18H18ClN3O5S/c1-16(2)8-26-15(25)22(16)12(23)17(3)18(27-14(28)20-17)10-7-9(19)5-6-11(10)21(4)13(18)24/h5-7H,8H2,1-4H3,(H,20,28)/t17-,18+/m0/s1. The molecule has 0 bridgehead atoms. The van der Waals surface area contributed by atoms with Gasteiger partial charge in [0.25, 0.3) is 17.0 Å². The number of thiocarbonyl (C=S) groups is 1. The molecule has 0 unspecified atom stereocenters. The van der Waals surface area contributed by atoms with E-state index in [4.69, 9.17) is 33.3 Å². The Morgan fingerprint density at radius 1 is 1.29 bits per heavy atom. The zero-order valence-corrected chi connectivity index (χ0v) is 17.2. The summed E-state index contributed by atoms with van der Waals surface area (Å²) in [5.41, 5.74) is -3.43. The summed E-state index contributed by atoms with van der Waals surface area (Å²) in [7, 11) is 1.58. The molecule has 3 heterocycles. The van der Waals surface area contributed by atoms with Crippen LogP contribution < -0.4 is 10.2 Å². The maximum absolute atomic E-state index is 13.7. The van der Waals surface area contributed by atoms with Crippen LogP contribution in [0.5, 0.6) is 0 Å². The number of benzene rings is 1. The van der Waals surface area contributed by atoms with Gasteiger partial charge in [0.05, 0.1) is 11.2 Å². The minimum atomic E-state index is -1.80. The molecule has 3 amide bonds. The Balaban J connectivity index is 1.94. The van der Waals surface area contributed by atoms with Gasteiger partial charge in [-0.25, -0.2) is 9.69 Å². The molecule has 2 atom stereocenters. The van der Waals surface area contributed by atoms with E-state index in [9.17, 15) is 14.4 Å². The molecule has 8 nitrogen and oxygen atoms in total. The topological polar surface area (TPSA) is 88.2 Å². The van der Waals surface area contributed by atoms with Crippen LogP contribution in [0.4, 0.5) is 10.5 Å². The molecule has 0 aromatic heterocycles. The Morgan fingerprint density at radius 2 is 1.96 bits per heavy atom. The predicted octanol–water partition coefficient (Wildman–Crippen LogP) is 1.93. The number of hydrogen-bond donors (Lipinski definition) is 1. The van der Waals surface area contributed by atoms with E-state index in [0.29, 0.717) is 16.3 Å². The van der Waals surface area contributed by atoms with Crippen molar-refractivity contribution in [3.05, 3.63) is 28.8 Å². The number of amides is 3. The Labute approximate surface area is 171 Å². The summed E-state index contributed by atoms with van der Waals surface area (Å²) in [6, 6.07) is 4.89. The average Bonchev–Trinajstić information content (AvgIpc) is 3.13. The number of anilines is 1. The molecule has 148 valence electrons. The van der Waals surface area contributed by atoms with Crippen LogP contribution in [-0.2, 0) is 24.7 Å². The number of hydrogen-bond acceptors (Lipinski definition) is 6. The number of fused-ring (bicyclic) bond motifs is 2. The Kier molecular flexibility index (Phi) is 3.77. The van der Waals surface area contributed by atoms with E-state index in [2.05, 4.69) is 5.32 Å². The van der Waals surface area contributed by atoms with Crippen molar-refractivity contribution >= 4 is 52.6 Å². The van der Waals surface area contributed by atoms with E-state index in [-0.39, 0.29) is 11.8 Å². The van der Waals surface area contributed by atoms with Crippen LogP contribution >= 0.6 is 23.8 Å². The van der Waals surface area contributed by atoms with Gasteiger partial charge in [-0.1, -0.05) is 11.6 Å². The minimum absolute atomic E-state index is 0.0439. The largest absolute Gasteiger partial charge is 0.447 e. The monoisotopic (exact) mass is 423 g/mol. The molecule has 1 aromatic carbocycles. The molecule has 28 heavy (non-hydrogen) atoms. The van der Waals surface area contributed by atoms with Gasteiger partial charge < -0.3 is 19.7 Å². The van der Waals surface area contributed by atoms with Crippen molar-refractivity contribution in [3.63, 3.8) is 0 Å². The van der Waals surface area contributed by atoms with Gasteiger partial charge in [0.15, 0.2) is 5.54 Å². The maximum Gasteiger partial charge on any atom is 0.417 e. The van der Waals surface area contributed by atoms with E-state index >= 15 is 0 Å². The summed E-state index contributed by atoms with van der Waals surface area (Å²) < 4.78 is 10.9. The maximum atomic E-state index is 13.7. The van der Waals surface area contributed by atoms with Gasteiger partial charge in [-0.05, 0) is 51.2 Å². The van der Waals surface area contributed by atoms with Crippen LogP contribution in [0.1, 0.15) is 26.3 Å². The van der Waals surface area contributed by atoms with Gasteiger partial charge in [0.1, 0.15) is 6.61 Å². The van der Waals surface area contributed by atoms with Gasteiger partial charge in [-0.15, -0.1) is 0 Å². The van der Waals surface area contributed by atoms with Gasteiger partial charge in [0, 0.05) is 17.6 Å². The van der Waals surface area contributed by atoms with Crippen LogP contribution in [0.25, 0.3) is 0 Å². The number of nitrogens with zero attached hydrogens (tertiary/aromatic N) is 2. The second kappa shape index (κ2) is 5.57. The first-order valence-corrected chi connectivity index (χ1v) is 9.35. The van der Waals surface area contributed by atoms with E-state index in [1.54, 1.807) is 39.1 Å². The van der Waals surface area contributed by atoms with Gasteiger partial charge >= 0.3 is 6.09 Å². The Morgan fingerprint density at radius 3 is 2.57 bits per heavy atom. The van der Waals surface area contributed by atoms with Crippen molar-refractivity contribution in [2.24, 2.45) is 0 Å². The molecule has 0 aliphatic carbocycles. The number of nitrogens with one attached hydrogen (secondary N) is 1. The molecule has 0 radical (unpaired) electrons. The first-order valence-electron chi connectivity index (χ1n) is 8.56. The number of rotatable bonds is 1. The highest BCUT2D eigenvalue weighted by Gasteiger charge is 2.73. The van der Waals surface area contributed by atoms with Crippen molar-refractivity contribution in [1.29, 1.82) is 0 Å². The van der Waals surface area contributed by atoms with E-state index in [0.717, 1.165) is 4.90 Å². The van der Waals surface area contributed by atoms with Crippen molar-refractivity contribution in [2.45, 2.75) is 37.5 Å². The first kappa shape index (κ1) is 18.9. The normalized spacial score (nSPS) is 30.4. The minimum Gasteiger partial charge on any atom is -0.447 e. The van der Waals surface area contributed by atoms with Crippen LogP contribution in [-0.4, -0.2) is 52.7 Å². The number of ether oxygens (including phenoxy) is 2. The average molecular weight is 424 g/mol. The summed E-state index contributed by atoms with van der Waals surface area (Å²) in [6.07, 6.45) is -0.781. The number of carbonyl (C=O) groups excluding carboxylic acids is 3. The number of imide groups is 1. The smallest absolute Gasteiger partial charge is 0.417 e. The van der Waals surface area contributed by atoms with Crippen LogP contribution in [0.2, 0.25) is 5.02 Å². The second-order valence-electron chi connectivity index (χ2n) is 7.85. The first-order chi connectivity index (χ1) is 13.0. The Bertz CT molecular complexity index is 967. The molecule has 3 aliphatic heterocycles. The molecule has 4 rings (SSSR count). The highest BCUT2D eigenvalue weighted by molar-refractivity contribution is 7.80. The lowest BCUT2D eigenvalue weighted by Crippen LogP contribution is -2.68. The van der Waals surface area contributed by atoms with Crippen LogP contribution in [0, 0.1) is 0 Å². The third-order valence-electron chi connectivity index (χ3n) is 5.57. The molecule has 2 fully saturated rings. The van der Waals surface area contributed by atoms with E-state index in [1.807, 2.05) is 0 Å². The number of likely N-dealkylation sites (N-methyl/N-ethyl adjacent to an activating group) is 1. The lowest BCUT2D eigenvalue weighted by molar-refractivity contribution is -0.152. The fourth-order valence-corrected chi connectivity index (χ4v) is 4.59. The van der Waals surface area contributed by atoms with Gasteiger partial charge in [-0.2, -0.15) is 0 Å². The third-order valence-corrected chi connectivity index (χ3v) is 6.00. The summed E-state index contributed by atoms with van der Waals surface area (Å²) in [6.45, 7) is 4.95. The zero-order chi connectivity index (χ0) is 20.6. The molecule has 3 aliphatic rings. The SMILES string of the molecule is CN1C(=O)[C@]2(OC(=S)N[C@@]2(C)C(=O)N2C(=O)OCC2(C)C)c2cc(Cl)ccc21. The van der Waals surface area contributed by atoms with Crippen LogP contribution in [0.15, 0.2) is 18.2 Å². The zero-order valence-electron chi connectivity index (χ0n) is 15.7. The van der Waals surface area contributed by atoms with Crippen molar-refractivity contribution in [3.8, 4) is 0 Å². The summed E-state index contributed by atoms with van der Waals surface area (Å²) in [4.78, 5) is 41.8. The molecule has 10 heteroatoms. The molecule has 1 aromatic rings. The molecule has 0 saturated carbocycles. The molecule has 1 N–H and O–H groups in total. The van der Waals surface area contributed by atoms with Crippen molar-refractivity contribution in [1.82, 2.24) is 10.2 Å². The lowest BCUT2D eigenvalue weighted by atomic mass is 9.75. The number of carbonyl (C=O) groups is 3. The van der Waals surface area contributed by atoms with E-state index in [1.165, 1.54) is 11.8 Å². The van der Waals surface area contributed by atoms with Crippen molar-refractivity contribution in [2.75, 3.05) is 18.6 Å². The highest BCUT2D eigenvalue weighted by Crippen LogP contribution is 2.52. The lowest BCUT2D eigenvalue weighted by Gasteiger charge is -2.39. The third kappa shape index (κ3) is 2.11. The van der Waals surface area contributed by atoms with E-state index < -0.39 is 34.6 Å². The number of cyclic esters (lactones) is 1. The summed E-state index contributed by atoms with van der Waals surface area (Å²) in [5, 5.41) is 3.09. The fourth-order valence-electron chi connectivity index (χ4n) is 4.08.